The van der Waals surface area contributed by atoms with Crippen molar-refractivity contribution in [3.8, 4) is 5.75 Å². The van der Waals surface area contributed by atoms with Crippen LogP contribution >= 0.6 is 15.9 Å². The maximum Gasteiger partial charge on any atom is 0.261 e. The first kappa shape index (κ1) is 27.5. The molecule has 1 N–H and O–H groups in total. The number of carbonyl (C=O) groups is 2. The lowest BCUT2D eigenvalue weighted by Gasteiger charge is -2.33. The Labute approximate surface area is 223 Å². The molecule has 3 rings (SSSR count). The Kier molecular flexibility index (Phi) is 9.32. The van der Waals surface area contributed by atoms with Crippen LogP contribution in [0.2, 0.25) is 0 Å². The molecule has 3 aromatic rings. The molecule has 0 fully saturated rings. The molecule has 0 aromatic heterocycles. The first-order valence-electron chi connectivity index (χ1n) is 12.1. The molecular weight excluding hydrogens is 516 g/mol. The molecule has 1 atom stereocenters. The predicted molar refractivity (Wildman–Crippen MR) is 148 cm³/mol. The molecule has 0 aliphatic carbocycles. The number of aryl methyl sites for hydroxylation is 2. The minimum Gasteiger partial charge on any atom is -0.484 e. The minimum absolute atomic E-state index is 0.165. The van der Waals surface area contributed by atoms with E-state index in [-0.39, 0.29) is 18.4 Å². The molecular formula is C30H35BrN2O3. The lowest BCUT2D eigenvalue weighted by atomic mass is 10.0. The van der Waals surface area contributed by atoms with Gasteiger partial charge in [-0.1, -0.05) is 76.6 Å². The number of rotatable bonds is 9. The lowest BCUT2D eigenvalue weighted by Crippen LogP contribution is -2.55. The van der Waals surface area contributed by atoms with Crippen LogP contribution in [0.5, 0.6) is 5.75 Å². The molecule has 0 radical (unpaired) electrons. The van der Waals surface area contributed by atoms with E-state index in [0.29, 0.717) is 18.7 Å². The van der Waals surface area contributed by atoms with E-state index in [2.05, 4.69) is 21.2 Å². The van der Waals surface area contributed by atoms with Crippen LogP contribution in [0.25, 0.3) is 0 Å². The minimum atomic E-state index is -0.698. The average Bonchev–Trinajstić information content (AvgIpc) is 2.83. The molecule has 6 heteroatoms. The molecule has 0 spiro atoms. The second-order valence-electron chi connectivity index (χ2n) is 10.1. The van der Waals surface area contributed by atoms with Gasteiger partial charge in [0.15, 0.2) is 6.61 Å². The predicted octanol–water partition coefficient (Wildman–Crippen LogP) is 6.00. The van der Waals surface area contributed by atoms with E-state index in [9.17, 15) is 9.59 Å². The Morgan fingerprint density at radius 3 is 1.97 bits per heavy atom. The van der Waals surface area contributed by atoms with Gasteiger partial charge < -0.3 is 15.0 Å². The number of carbonyl (C=O) groups excluding carboxylic acids is 2. The highest BCUT2D eigenvalue weighted by Gasteiger charge is 2.32. The average molecular weight is 552 g/mol. The quantitative estimate of drug-likeness (QED) is 0.355. The Morgan fingerprint density at radius 2 is 1.44 bits per heavy atom. The number of nitrogens with one attached hydrogen (secondary N) is 1. The molecule has 0 aliphatic heterocycles. The number of hydrogen-bond acceptors (Lipinski definition) is 3. The third-order valence-corrected chi connectivity index (χ3v) is 6.99. The van der Waals surface area contributed by atoms with Crippen LogP contribution in [0.4, 0.5) is 0 Å². The third kappa shape index (κ3) is 7.95. The van der Waals surface area contributed by atoms with Gasteiger partial charge in [-0.05, 0) is 69.0 Å². The Bertz CT molecular complexity index is 1150. The zero-order valence-electron chi connectivity index (χ0n) is 21.7. The summed E-state index contributed by atoms with van der Waals surface area (Å²) >= 11 is 3.57. The number of benzene rings is 3. The van der Waals surface area contributed by atoms with Crippen LogP contribution in [0, 0.1) is 13.8 Å². The van der Waals surface area contributed by atoms with Gasteiger partial charge in [-0.2, -0.15) is 0 Å². The van der Waals surface area contributed by atoms with Crippen LogP contribution in [0.3, 0.4) is 0 Å². The highest BCUT2D eigenvalue weighted by molar-refractivity contribution is 9.10. The van der Waals surface area contributed by atoms with Crippen molar-refractivity contribution in [2.45, 2.75) is 59.2 Å². The highest BCUT2D eigenvalue weighted by Crippen LogP contribution is 2.26. The van der Waals surface area contributed by atoms with Gasteiger partial charge in [-0.15, -0.1) is 0 Å². The Hall–Kier alpha value is -3.12. The van der Waals surface area contributed by atoms with E-state index in [4.69, 9.17) is 4.74 Å². The van der Waals surface area contributed by atoms with E-state index in [1.165, 1.54) is 0 Å². The van der Waals surface area contributed by atoms with Crippen molar-refractivity contribution in [2.75, 3.05) is 6.61 Å². The molecule has 5 nitrogen and oxygen atoms in total. The topological polar surface area (TPSA) is 58.6 Å². The number of halogens is 1. The molecule has 0 aliphatic rings. The summed E-state index contributed by atoms with van der Waals surface area (Å²) in [5.74, 6) is 0.188. The van der Waals surface area contributed by atoms with E-state index < -0.39 is 11.6 Å². The molecule has 190 valence electrons. The van der Waals surface area contributed by atoms with E-state index in [1.54, 1.807) is 4.90 Å². The van der Waals surface area contributed by atoms with Crippen LogP contribution < -0.4 is 10.1 Å². The second kappa shape index (κ2) is 12.2. The van der Waals surface area contributed by atoms with Crippen molar-refractivity contribution in [3.63, 3.8) is 0 Å². The molecule has 0 bridgehead atoms. The first-order valence-corrected chi connectivity index (χ1v) is 12.9. The van der Waals surface area contributed by atoms with Gasteiger partial charge in [0.25, 0.3) is 5.91 Å². The zero-order chi connectivity index (χ0) is 26.3. The second-order valence-corrected chi connectivity index (χ2v) is 10.9. The SMILES string of the molecule is Cc1cc(OCC(=O)N(Cc2ccccc2)[C@H](Cc2ccccc2)C(=O)NC(C)(C)C)cc(C)c1Br. The van der Waals surface area contributed by atoms with Gasteiger partial charge >= 0.3 is 0 Å². The Balaban J connectivity index is 1.92. The number of amides is 2. The van der Waals surface area contributed by atoms with Crippen LogP contribution in [0.1, 0.15) is 43.0 Å². The Morgan fingerprint density at radius 1 is 0.917 bits per heavy atom. The summed E-state index contributed by atoms with van der Waals surface area (Å²) in [7, 11) is 0. The summed E-state index contributed by atoms with van der Waals surface area (Å²) < 4.78 is 6.96. The monoisotopic (exact) mass is 550 g/mol. The molecule has 36 heavy (non-hydrogen) atoms. The fourth-order valence-electron chi connectivity index (χ4n) is 4.00. The third-order valence-electron chi connectivity index (χ3n) is 5.74. The van der Waals surface area contributed by atoms with Crippen LogP contribution in [-0.4, -0.2) is 34.9 Å². The summed E-state index contributed by atoms with van der Waals surface area (Å²) in [5, 5.41) is 3.08. The molecule has 0 saturated heterocycles. The summed E-state index contributed by atoms with van der Waals surface area (Å²) in [6.45, 7) is 9.93. The van der Waals surface area contributed by atoms with Gasteiger partial charge in [-0.25, -0.2) is 0 Å². The van der Waals surface area contributed by atoms with Crippen molar-refractivity contribution >= 4 is 27.7 Å². The van der Waals surface area contributed by atoms with Gasteiger partial charge in [-0.3, -0.25) is 9.59 Å². The maximum absolute atomic E-state index is 13.7. The van der Waals surface area contributed by atoms with E-state index >= 15 is 0 Å². The highest BCUT2D eigenvalue weighted by atomic mass is 79.9. The summed E-state index contributed by atoms with van der Waals surface area (Å²) in [5.41, 5.74) is 3.56. The molecule has 2 amide bonds. The van der Waals surface area contributed by atoms with Crippen molar-refractivity contribution in [1.29, 1.82) is 0 Å². The fourth-order valence-corrected chi connectivity index (χ4v) is 4.23. The van der Waals surface area contributed by atoms with Crippen molar-refractivity contribution in [3.05, 3.63) is 99.5 Å². The van der Waals surface area contributed by atoms with Crippen molar-refractivity contribution in [1.82, 2.24) is 10.2 Å². The number of hydrogen-bond donors (Lipinski definition) is 1. The zero-order valence-corrected chi connectivity index (χ0v) is 23.3. The molecule has 0 heterocycles. The number of nitrogens with zero attached hydrogens (tertiary/aromatic N) is 1. The van der Waals surface area contributed by atoms with Gasteiger partial charge in [0.2, 0.25) is 5.91 Å². The largest absolute Gasteiger partial charge is 0.484 e. The fraction of sp³-hybridized carbons (Fsp3) is 0.333. The molecule has 0 unspecified atom stereocenters. The van der Waals surface area contributed by atoms with Gasteiger partial charge in [0.1, 0.15) is 11.8 Å². The standard InChI is InChI=1S/C30H35BrN2O3/c1-21-16-25(17-22(2)28(21)31)36-20-27(34)33(19-24-14-10-7-11-15-24)26(29(35)32-30(3,4)5)18-23-12-8-6-9-13-23/h6-17,26H,18-20H2,1-5H3,(H,32,35)/t26-/m1/s1. The normalized spacial score (nSPS) is 12.1. The lowest BCUT2D eigenvalue weighted by molar-refractivity contribution is -0.143. The van der Waals surface area contributed by atoms with Gasteiger partial charge in [0, 0.05) is 23.0 Å². The molecule has 0 saturated carbocycles. The summed E-state index contributed by atoms with van der Waals surface area (Å²) in [6.07, 6.45) is 0.401. The van der Waals surface area contributed by atoms with Crippen LogP contribution in [0.15, 0.2) is 77.3 Å². The smallest absolute Gasteiger partial charge is 0.261 e. The summed E-state index contributed by atoms with van der Waals surface area (Å²) in [6, 6.07) is 22.6. The van der Waals surface area contributed by atoms with Crippen molar-refractivity contribution < 1.29 is 14.3 Å². The molecule has 3 aromatic carbocycles. The van der Waals surface area contributed by atoms with Crippen LogP contribution in [-0.2, 0) is 22.6 Å². The summed E-state index contributed by atoms with van der Waals surface area (Å²) in [4.78, 5) is 28.9. The van der Waals surface area contributed by atoms with Gasteiger partial charge in [0.05, 0.1) is 0 Å². The van der Waals surface area contributed by atoms with E-state index in [1.807, 2.05) is 107 Å². The number of ether oxygens (including phenoxy) is 1. The van der Waals surface area contributed by atoms with E-state index in [0.717, 1.165) is 26.7 Å². The van der Waals surface area contributed by atoms with Crippen molar-refractivity contribution in [2.24, 2.45) is 0 Å². The maximum atomic E-state index is 13.7. The first-order chi connectivity index (χ1) is 17.0.